The Hall–Kier alpha value is -2.19. The quantitative estimate of drug-likeness (QED) is 0.718. The highest BCUT2D eigenvalue weighted by Gasteiger charge is 2.19. The fourth-order valence-electron chi connectivity index (χ4n) is 2.01. The molecule has 0 bridgehead atoms. The average molecular weight is 331 g/mol. The van der Waals surface area contributed by atoms with Gasteiger partial charge in [-0.1, -0.05) is 29.5 Å². The molecule has 0 amide bonds. The van der Waals surface area contributed by atoms with Crippen LogP contribution in [-0.2, 0) is 13.7 Å². The number of benzene rings is 1. The fourth-order valence-corrected chi connectivity index (χ4v) is 2.87. The van der Waals surface area contributed by atoms with Gasteiger partial charge in [0, 0.05) is 12.6 Å². The maximum absolute atomic E-state index is 9.16. The van der Waals surface area contributed by atoms with E-state index >= 15 is 0 Å². The Morgan fingerprint density at radius 3 is 2.57 bits per heavy atom. The third-order valence-electron chi connectivity index (χ3n) is 3.44. The van der Waals surface area contributed by atoms with E-state index in [-0.39, 0.29) is 11.9 Å². The lowest BCUT2D eigenvalue weighted by Crippen LogP contribution is -1.99. The maximum atomic E-state index is 9.16. The van der Waals surface area contributed by atoms with Gasteiger partial charge in [-0.15, -0.1) is 20.4 Å². The lowest BCUT2D eigenvalue weighted by atomic mass is 10.1. The zero-order valence-electron chi connectivity index (χ0n) is 13.1. The number of thioether (sulfide) groups is 1. The minimum Gasteiger partial charge on any atom is -0.419 e. The molecule has 0 saturated heterocycles. The Labute approximate surface area is 137 Å². The molecule has 0 saturated carbocycles. The van der Waals surface area contributed by atoms with Crippen LogP contribution < -0.4 is 0 Å². The predicted molar refractivity (Wildman–Crippen MR) is 85.7 cm³/mol. The number of nitrogens with zero attached hydrogens (tertiary/aromatic N) is 5. The number of aromatic nitrogens is 5. The maximum Gasteiger partial charge on any atom is 0.247 e. The Morgan fingerprint density at radius 2 is 1.91 bits per heavy atom. The minimum atomic E-state index is -0.142. The fraction of sp³-hybridized carbons (Fsp3) is 0.333. The number of rotatable bonds is 5. The summed E-state index contributed by atoms with van der Waals surface area (Å²) in [6, 6.07) is 7.93. The molecule has 0 aliphatic carbocycles. The minimum absolute atomic E-state index is 0.0730. The van der Waals surface area contributed by atoms with E-state index in [1.54, 1.807) is 4.57 Å². The van der Waals surface area contributed by atoms with Gasteiger partial charge in [0.05, 0.1) is 5.25 Å². The summed E-state index contributed by atoms with van der Waals surface area (Å²) in [4.78, 5) is 0. The lowest BCUT2D eigenvalue weighted by molar-refractivity contribution is 0.266. The molecule has 0 fully saturated rings. The van der Waals surface area contributed by atoms with Crippen molar-refractivity contribution in [2.24, 2.45) is 7.05 Å². The topological polar surface area (TPSA) is 89.9 Å². The monoisotopic (exact) mass is 331 g/mol. The van der Waals surface area contributed by atoms with Crippen LogP contribution in [0, 0.1) is 6.92 Å². The van der Waals surface area contributed by atoms with Gasteiger partial charge in [-0.2, -0.15) is 0 Å². The second-order valence-corrected chi connectivity index (χ2v) is 6.50. The van der Waals surface area contributed by atoms with Crippen molar-refractivity contribution in [3.05, 3.63) is 41.5 Å². The standard InChI is InChI=1S/C15H17N5O2S/c1-9-4-6-11(7-5-9)14-18-17-13(22-14)10(2)23-15-19-16-12(8-21)20(15)3/h4-7,10,21H,8H2,1-3H3. The molecule has 1 N–H and O–H groups in total. The summed E-state index contributed by atoms with van der Waals surface area (Å²) in [5.74, 6) is 1.55. The van der Waals surface area contributed by atoms with Crippen molar-refractivity contribution in [2.75, 3.05) is 0 Å². The molecule has 2 aromatic heterocycles. The van der Waals surface area contributed by atoms with E-state index in [4.69, 9.17) is 9.52 Å². The van der Waals surface area contributed by atoms with E-state index in [0.717, 1.165) is 5.56 Å². The molecule has 120 valence electrons. The summed E-state index contributed by atoms with van der Waals surface area (Å²) in [5, 5.41) is 26.0. The van der Waals surface area contributed by atoms with E-state index in [1.807, 2.05) is 45.2 Å². The van der Waals surface area contributed by atoms with Crippen molar-refractivity contribution >= 4 is 11.8 Å². The molecule has 3 rings (SSSR count). The van der Waals surface area contributed by atoms with Crippen molar-refractivity contribution in [3.63, 3.8) is 0 Å². The predicted octanol–water partition coefficient (Wildman–Crippen LogP) is 2.52. The van der Waals surface area contributed by atoms with Crippen molar-refractivity contribution in [1.29, 1.82) is 0 Å². The molecule has 8 heteroatoms. The number of aliphatic hydroxyl groups is 1. The summed E-state index contributed by atoms with van der Waals surface area (Å²) in [6.45, 7) is 3.85. The van der Waals surface area contributed by atoms with Gasteiger partial charge in [0.2, 0.25) is 11.8 Å². The highest BCUT2D eigenvalue weighted by Crippen LogP contribution is 2.34. The SMILES string of the molecule is Cc1ccc(-c2nnc(C(C)Sc3nnc(CO)n3C)o2)cc1. The molecule has 0 aliphatic rings. The van der Waals surface area contributed by atoms with Crippen molar-refractivity contribution in [1.82, 2.24) is 25.0 Å². The summed E-state index contributed by atoms with van der Waals surface area (Å²) in [6.07, 6.45) is 0. The number of aryl methyl sites for hydroxylation is 1. The van der Waals surface area contributed by atoms with Crippen molar-refractivity contribution in [3.8, 4) is 11.5 Å². The summed E-state index contributed by atoms with van der Waals surface area (Å²) in [5.41, 5.74) is 2.08. The number of hydrogen-bond acceptors (Lipinski definition) is 7. The van der Waals surface area contributed by atoms with E-state index in [9.17, 15) is 0 Å². The summed E-state index contributed by atoms with van der Waals surface area (Å²) < 4.78 is 7.52. The Morgan fingerprint density at radius 1 is 1.17 bits per heavy atom. The van der Waals surface area contributed by atoms with Crippen molar-refractivity contribution in [2.45, 2.75) is 30.9 Å². The third kappa shape index (κ3) is 3.27. The number of hydrogen-bond donors (Lipinski definition) is 1. The third-order valence-corrected chi connectivity index (χ3v) is 4.56. The van der Waals surface area contributed by atoms with Gasteiger partial charge < -0.3 is 14.1 Å². The van der Waals surface area contributed by atoms with Gasteiger partial charge in [0.25, 0.3) is 0 Å². The van der Waals surface area contributed by atoms with Crippen molar-refractivity contribution < 1.29 is 9.52 Å². The normalized spacial score (nSPS) is 12.5. The molecule has 0 aliphatic heterocycles. The van der Waals surface area contributed by atoms with Crippen LogP contribution in [0.4, 0.5) is 0 Å². The average Bonchev–Trinajstić information content (AvgIpc) is 3.16. The molecule has 3 aromatic rings. The second kappa shape index (κ2) is 6.51. The van der Waals surface area contributed by atoms with E-state index < -0.39 is 0 Å². The molecule has 1 atom stereocenters. The van der Waals surface area contributed by atoms with Gasteiger partial charge >= 0.3 is 0 Å². The first-order valence-corrected chi connectivity index (χ1v) is 8.02. The van der Waals surface area contributed by atoms with Crippen LogP contribution in [0.1, 0.15) is 29.5 Å². The first-order valence-electron chi connectivity index (χ1n) is 7.14. The largest absolute Gasteiger partial charge is 0.419 e. The molecule has 1 aromatic carbocycles. The van der Waals surface area contributed by atoms with Gasteiger partial charge in [-0.25, -0.2) is 0 Å². The van der Waals surface area contributed by atoms with Crippen LogP contribution in [0.5, 0.6) is 0 Å². The zero-order valence-corrected chi connectivity index (χ0v) is 13.9. The smallest absolute Gasteiger partial charge is 0.247 e. The first-order chi connectivity index (χ1) is 11.1. The molecular weight excluding hydrogens is 314 g/mol. The Balaban J connectivity index is 1.76. The highest BCUT2D eigenvalue weighted by molar-refractivity contribution is 7.99. The lowest BCUT2D eigenvalue weighted by Gasteiger charge is -2.06. The van der Waals surface area contributed by atoms with Gasteiger partial charge in [-0.05, 0) is 26.0 Å². The van der Waals surface area contributed by atoms with Crippen LogP contribution in [0.3, 0.4) is 0 Å². The molecule has 2 heterocycles. The second-order valence-electron chi connectivity index (χ2n) is 5.19. The van der Waals surface area contributed by atoms with Crippen LogP contribution in [0.2, 0.25) is 0 Å². The van der Waals surface area contributed by atoms with E-state index in [1.165, 1.54) is 17.3 Å². The van der Waals surface area contributed by atoms with Crippen LogP contribution >= 0.6 is 11.8 Å². The summed E-state index contributed by atoms with van der Waals surface area (Å²) in [7, 11) is 1.81. The molecule has 23 heavy (non-hydrogen) atoms. The highest BCUT2D eigenvalue weighted by atomic mass is 32.2. The molecule has 0 radical (unpaired) electrons. The van der Waals surface area contributed by atoms with Gasteiger partial charge in [0.1, 0.15) is 6.61 Å². The first kappa shape index (κ1) is 15.7. The van der Waals surface area contributed by atoms with Crippen LogP contribution in [-0.4, -0.2) is 30.1 Å². The van der Waals surface area contributed by atoms with Gasteiger partial charge in [-0.3, -0.25) is 0 Å². The van der Waals surface area contributed by atoms with Crippen LogP contribution in [0.25, 0.3) is 11.5 Å². The van der Waals surface area contributed by atoms with E-state index in [2.05, 4.69) is 20.4 Å². The molecular formula is C15H17N5O2S. The molecule has 7 nitrogen and oxygen atoms in total. The number of aliphatic hydroxyl groups excluding tert-OH is 1. The van der Waals surface area contributed by atoms with Crippen LogP contribution in [0.15, 0.2) is 33.8 Å². The zero-order chi connectivity index (χ0) is 16.4. The molecule has 0 spiro atoms. The summed E-state index contributed by atoms with van der Waals surface area (Å²) >= 11 is 1.45. The van der Waals surface area contributed by atoms with Gasteiger partial charge in [0.15, 0.2) is 11.0 Å². The Bertz CT molecular complexity index is 797. The Kier molecular flexibility index (Phi) is 4.44. The van der Waals surface area contributed by atoms with E-state index in [0.29, 0.717) is 22.8 Å². The molecule has 1 unspecified atom stereocenters.